The van der Waals surface area contributed by atoms with Gasteiger partial charge in [-0.15, -0.1) is 0 Å². The second kappa shape index (κ2) is 8.04. The fourth-order valence-electron chi connectivity index (χ4n) is 2.78. The molecule has 4 nitrogen and oxygen atoms in total. The molecular formula is C18H17Cl2FN2O2. The van der Waals surface area contributed by atoms with E-state index in [-0.39, 0.29) is 22.9 Å². The van der Waals surface area contributed by atoms with Crippen LogP contribution in [0.25, 0.3) is 0 Å². The van der Waals surface area contributed by atoms with Gasteiger partial charge in [-0.3, -0.25) is 4.79 Å². The second-order valence-electron chi connectivity index (χ2n) is 5.66. The fraction of sp³-hybridized carbons (Fsp3) is 0.278. The molecule has 25 heavy (non-hydrogen) atoms. The molecule has 0 radical (unpaired) electrons. The zero-order valence-corrected chi connectivity index (χ0v) is 14.9. The summed E-state index contributed by atoms with van der Waals surface area (Å²) in [4.78, 5) is 14.5. The van der Waals surface area contributed by atoms with E-state index in [1.165, 1.54) is 12.1 Å². The number of ether oxygens (including phenoxy) is 1. The molecule has 2 aromatic rings. The molecule has 1 aliphatic heterocycles. The highest BCUT2D eigenvalue weighted by Crippen LogP contribution is 2.34. The molecule has 1 heterocycles. The van der Waals surface area contributed by atoms with Crippen molar-refractivity contribution in [3.63, 3.8) is 0 Å². The largest absolute Gasteiger partial charge is 0.378 e. The molecule has 0 unspecified atom stereocenters. The predicted molar refractivity (Wildman–Crippen MR) is 98.2 cm³/mol. The van der Waals surface area contributed by atoms with E-state index in [1.807, 2.05) is 0 Å². The third kappa shape index (κ3) is 4.24. The maximum Gasteiger partial charge on any atom is 0.229 e. The number of rotatable bonds is 4. The molecule has 1 N–H and O–H groups in total. The van der Waals surface area contributed by atoms with E-state index in [9.17, 15) is 9.18 Å². The van der Waals surface area contributed by atoms with Gasteiger partial charge in [-0.2, -0.15) is 0 Å². The molecule has 1 fully saturated rings. The van der Waals surface area contributed by atoms with Crippen LogP contribution in [0.15, 0.2) is 36.4 Å². The summed E-state index contributed by atoms with van der Waals surface area (Å²) in [6, 6.07) is 9.66. The van der Waals surface area contributed by atoms with E-state index in [1.54, 1.807) is 24.3 Å². The maximum atomic E-state index is 13.9. The Kier molecular flexibility index (Phi) is 5.78. The van der Waals surface area contributed by atoms with E-state index in [2.05, 4.69) is 10.2 Å². The van der Waals surface area contributed by atoms with E-state index in [0.29, 0.717) is 37.0 Å². The molecule has 0 saturated carbocycles. The van der Waals surface area contributed by atoms with Crippen LogP contribution in [0.2, 0.25) is 10.0 Å². The van der Waals surface area contributed by atoms with Crippen molar-refractivity contribution in [3.05, 3.63) is 57.8 Å². The van der Waals surface area contributed by atoms with Crippen LogP contribution in [-0.4, -0.2) is 32.2 Å². The summed E-state index contributed by atoms with van der Waals surface area (Å²) in [6.45, 7) is 2.57. The monoisotopic (exact) mass is 382 g/mol. The number of nitrogens with zero attached hydrogens (tertiary/aromatic N) is 1. The van der Waals surface area contributed by atoms with Gasteiger partial charge in [0.15, 0.2) is 0 Å². The van der Waals surface area contributed by atoms with Crippen molar-refractivity contribution in [1.82, 2.24) is 0 Å². The summed E-state index contributed by atoms with van der Waals surface area (Å²) < 4.78 is 19.2. The molecule has 1 saturated heterocycles. The fourth-order valence-corrected chi connectivity index (χ4v) is 3.30. The lowest BCUT2D eigenvalue weighted by molar-refractivity contribution is -0.115. The van der Waals surface area contributed by atoms with Crippen LogP contribution in [0.1, 0.15) is 5.56 Å². The molecule has 0 atom stereocenters. The Morgan fingerprint density at radius 3 is 2.52 bits per heavy atom. The molecule has 3 rings (SSSR count). The smallest absolute Gasteiger partial charge is 0.229 e. The number of anilines is 2. The number of carbonyl (C=O) groups excluding carboxylic acids is 1. The molecule has 1 amide bonds. The van der Waals surface area contributed by atoms with Gasteiger partial charge < -0.3 is 15.0 Å². The van der Waals surface area contributed by atoms with Crippen molar-refractivity contribution in [2.75, 3.05) is 36.5 Å². The highest BCUT2D eigenvalue weighted by molar-refractivity contribution is 6.34. The third-order valence-corrected chi connectivity index (χ3v) is 4.65. The highest BCUT2D eigenvalue weighted by atomic mass is 35.5. The molecule has 0 spiro atoms. The zero-order valence-electron chi connectivity index (χ0n) is 13.4. The van der Waals surface area contributed by atoms with Crippen LogP contribution in [0.4, 0.5) is 15.8 Å². The summed E-state index contributed by atoms with van der Waals surface area (Å²) in [5, 5.41) is 3.60. The maximum absolute atomic E-state index is 13.9. The Morgan fingerprint density at radius 2 is 1.80 bits per heavy atom. The van der Waals surface area contributed by atoms with Gasteiger partial charge in [0.1, 0.15) is 5.82 Å². The minimum absolute atomic E-state index is 0.152. The predicted octanol–water partition coefficient (Wildman–Crippen LogP) is 4.15. The summed E-state index contributed by atoms with van der Waals surface area (Å²) in [5.41, 5.74) is 1.52. The van der Waals surface area contributed by atoms with E-state index >= 15 is 0 Å². The van der Waals surface area contributed by atoms with Gasteiger partial charge in [0.2, 0.25) is 5.91 Å². The first kappa shape index (κ1) is 18.0. The van der Waals surface area contributed by atoms with Crippen molar-refractivity contribution in [1.29, 1.82) is 0 Å². The Balaban J connectivity index is 1.80. The van der Waals surface area contributed by atoms with Gasteiger partial charge >= 0.3 is 0 Å². The first-order chi connectivity index (χ1) is 12.1. The molecule has 1 aliphatic rings. The number of hydrogen-bond donors (Lipinski definition) is 1. The standard InChI is InChI=1S/C18H17Cl2FN2O2/c19-13-3-1-5-15(21)12(13)11-17(24)22-16-6-2-4-14(20)18(16)23-7-9-25-10-8-23/h1-6H,7-11H2,(H,22,24). The number of nitrogens with one attached hydrogen (secondary N) is 1. The lowest BCUT2D eigenvalue weighted by Crippen LogP contribution is -2.37. The van der Waals surface area contributed by atoms with Crippen LogP contribution >= 0.6 is 23.2 Å². The third-order valence-electron chi connectivity index (χ3n) is 3.99. The first-order valence-electron chi connectivity index (χ1n) is 7.90. The number of morpholine rings is 1. The molecule has 0 aromatic heterocycles. The Morgan fingerprint density at radius 1 is 1.12 bits per heavy atom. The molecule has 7 heteroatoms. The number of para-hydroxylation sites is 1. The molecule has 132 valence electrons. The van der Waals surface area contributed by atoms with Crippen molar-refractivity contribution in [2.45, 2.75) is 6.42 Å². The summed E-state index contributed by atoms with van der Waals surface area (Å²) >= 11 is 12.3. The summed E-state index contributed by atoms with van der Waals surface area (Å²) in [5.74, 6) is -0.856. The normalized spacial score (nSPS) is 14.4. The van der Waals surface area contributed by atoms with Gasteiger partial charge in [-0.1, -0.05) is 35.3 Å². The summed E-state index contributed by atoms with van der Waals surface area (Å²) in [6.07, 6.45) is -0.152. The topological polar surface area (TPSA) is 41.6 Å². The van der Waals surface area contributed by atoms with Crippen LogP contribution in [0.3, 0.4) is 0 Å². The van der Waals surface area contributed by atoms with E-state index in [4.69, 9.17) is 27.9 Å². The Hall–Kier alpha value is -1.82. The van der Waals surface area contributed by atoms with Gasteiger partial charge in [0.05, 0.1) is 36.0 Å². The number of hydrogen-bond acceptors (Lipinski definition) is 3. The molecule has 0 bridgehead atoms. The highest BCUT2D eigenvalue weighted by Gasteiger charge is 2.20. The van der Waals surface area contributed by atoms with Crippen LogP contribution in [0.5, 0.6) is 0 Å². The lowest BCUT2D eigenvalue weighted by atomic mass is 10.1. The van der Waals surface area contributed by atoms with Crippen molar-refractivity contribution in [2.24, 2.45) is 0 Å². The van der Waals surface area contributed by atoms with E-state index in [0.717, 1.165) is 5.69 Å². The summed E-state index contributed by atoms with van der Waals surface area (Å²) in [7, 11) is 0. The number of amides is 1. The molecule has 0 aliphatic carbocycles. The molecule has 2 aromatic carbocycles. The second-order valence-corrected chi connectivity index (χ2v) is 6.47. The zero-order chi connectivity index (χ0) is 17.8. The minimum Gasteiger partial charge on any atom is -0.378 e. The van der Waals surface area contributed by atoms with Gasteiger partial charge in [-0.25, -0.2) is 4.39 Å². The van der Waals surface area contributed by atoms with Gasteiger partial charge in [0, 0.05) is 23.7 Å². The van der Waals surface area contributed by atoms with Crippen LogP contribution in [0, 0.1) is 5.82 Å². The quantitative estimate of drug-likeness (QED) is 0.863. The van der Waals surface area contributed by atoms with Crippen LogP contribution < -0.4 is 10.2 Å². The van der Waals surface area contributed by atoms with E-state index < -0.39 is 5.82 Å². The minimum atomic E-state index is -0.498. The number of benzene rings is 2. The van der Waals surface area contributed by atoms with Crippen molar-refractivity contribution < 1.29 is 13.9 Å². The van der Waals surface area contributed by atoms with Gasteiger partial charge in [-0.05, 0) is 24.3 Å². The van der Waals surface area contributed by atoms with Crippen LogP contribution in [-0.2, 0) is 16.0 Å². The SMILES string of the molecule is O=C(Cc1c(F)cccc1Cl)Nc1cccc(Cl)c1N1CCOCC1. The lowest BCUT2D eigenvalue weighted by Gasteiger charge is -2.31. The number of halogens is 3. The van der Waals surface area contributed by atoms with Crippen molar-refractivity contribution >= 4 is 40.5 Å². The number of carbonyl (C=O) groups is 1. The average Bonchev–Trinajstić information content (AvgIpc) is 2.59. The first-order valence-corrected chi connectivity index (χ1v) is 8.66. The van der Waals surface area contributed by atoms with Crippen molar-refractivity contribution in [3.8, 4) is 0 Å². The molecular weight excluding hydrogens is 366 g/mol. The Bertz CT molecular complexity index is 759. The van der Waals surface area contributed by atoms with Gasteiger partial charge in [0.25, 0.3) is 0 Å². The average molecular weight is 383 g/mol. The Labute approximate surface area is 155 Å².